The Morgan fingerprint density at radius 1 is 0.475 bits per heavy atom. The van der Waals surface area contributed by atoms with Gasteiger partial charge in [0.2, 0.25) is 0 Å². The maximum Gasteiger partial charge on any atom is 0.0979 e. The van der Waals surface area contributed by atoms with Crippen molar-refractivity contribution in [3.8, 4) is 22.3 Å². The minimum absolute atomic E-state index is 0.210. The summed E-state index contributed by atoms with van der Waals surface area (Å²) in [6.45, 7) is 31.3. The van der Waals surface area contributed by atoms with E-state index in [1.807, 2.05) is 12.2 Å². The second-order valence-electron chi connectivity index (χ2n) is 17.9. The number of aliphatic imine (C=N–C) groups is 2. The van der Waals surface area contributed by atoms with E-state index in [1.165, 1.54) is 72.0 Å². The van der Waals surface area contributed by atoms with Crippen LogP contribution >= 0.6 is 0 Å². The Morgan fingerprint density at radius 2 is 1.00 bits per heavy atom. The molecule has 300 valence electrons. The molecule has 2 nitrogen and oxygen atoms in total. The van der Waals surface area contributed by atoms with Gasteiger partial charge in [0.1, 0.15) is 0 Å². The summed E-state index contributed by atoms with van der Waals surface area (Å²) in [6, 6.07) is 38.3. The van der Waals surface area contributed by atoms with Crippen LogP contribution in [0.15, 0.2) is 138 Å². The van der Waals surface area contributed by atoms with Crippen LogP contribution in [0.4, 0.5) is 11.4 Å². The molecule has 0 aliphatic heterocycles. The van der Waals surface area contributed by atoms with Crippen LogP contribution in [0.1, 0.15) is 149 Å². The maximum atomic E-state index is 6.03. The van der Waals surface area contributed by atoms with Crippen molar-refractivity contribution in [2.24, 2.45) is 9.98 Å². The van der Waals surface area contributed by atoms with Gasteiger partial charge >= 0.3 is 0 Å². The molecule has 0 aromatic heterocycles. The van der Waals surface area contributed by atoms with E-state index in [9.17, 15) is 0 Å². The second-order valence-corrected chi connectivity index (χ2v) is 17.9. The van der Waals surface area contributed by atoms with Gasteiger partial charge in [-0.15, -0.1) is 13.2 Å². The maximum absolute atomic E-state index is 6.03. The van der Waals surface area contributed by atoms with Crippen molar-refractivity contribution in [2.75, 3.05) is 0 Å². The van der Waals surface area contributed by atoms with Gasteiger partial charge in [0.25, 0.3) is 0 Å². The van der Waals surface area contributed by atoms with Crippen LogP contribution in [0.2, 0.25) is 0 Å². The van der Waals surface area contributed by atoms with E-state index in [-0.39, 0.29) is 23.7 Å². The van der Waals surface area contributed by atoms with E-state index in [0.717, 1.165) is 46.8 Å². The van der Waals surface area contributed by atoms with E-state index in [4.69, 9.17) is 9.98 Å². The largest absolute Gasteiger partial charge is 0.245 e. The quantitative estimate of drug-likeness (QED) is 0.104. The fourth-order valence-corrected chi connectivity index (χ4v) is 9.10. The highest BCUT2D eigenvalue weighted by molar-refractivity contribution is 6.61. The lowest BCUT2D eigenvalue weighted by Crippen LogP contribution is -2.13. The molecule has 0 bridgehead atoms. The number of hydrogen-bond donors (Lipinski definition) is 0. The Kier molecular flexibility index (Phi) is 12.2. The average molecular weight is 775 g/mol. The van der Waals surface area contributed by atoms with Crippen LogP contribution in [0.25, 0.3) is 33.0 Å². The van der Waals surface area contributed by atoms with Crippen molar-refractivity contribution in [1.82, 2.24) is 0 Å². The fourth-order valence-electron chi connectivity index (χ4n) is 9.10. The summed E-state index contributed by atoms with van der Waals surface area (Å²) in [5.74, 6) is 1.34. The highest BCUT2D eigenvalue weighted by Crippen LogP contribution is 2.47. The first-order chi connectivity index (χ1) is 28.3. The van der Waals surface area contributed by atoms with Gasteiger partial charge in [-0.25, -0.2) is 9.98 Å². The van der Waals surface area contributed by atoms with Gasteiger partial charge < -0.3 is 0 Å². The van der Waals surface area contributed by atoms with Crippen molar-refractivity contribution < 1.29 is 0 Å². The van der Waals surface area contributed by atoms with Crippen LogP contribution in [-0.4, -0.2) is 11.4 Å². The van der Waals surface area contributed by atoms with E-state index < -0.39 is 0 Å². The average Bonchev–Trinajstić information content (AvgIpc) is 3.50. The number of allylic oxidation sites excluding steroid dienone is 2. The molecule has 0 unspecified atom stereocenters. The summed E-state index contributed by atoms with van der Waals surface area (Å²) in [7, 11) is 0. The molecule has 59 heavy (non-hydrogen) atoms. The number of hydrogen-bond acceptors (Lipinski definition) is 2. The summed E-state index contributed by atoms with van der Waals surface area (Å²) in [4.78, 5) is 12.0. The molecule has 6 aromatic rings. The molecule has 0 saturated carbocycles. The highest BCUT2D eigenvalue weighted by atomic mass is 14.9. The molecular weight excluding hydrogens is 713 g/mol. The van der Waals surface area contributed by atoms with Gasteiger partial charge in [0.15, 0.2) is 0 Å². The van der Waals surface area contributed by atoms with Gasteiger partial charge in [-0.3, -0.25) is 0 Å². The van der Waals surface area contributed by atoms with Gasteiger partial charge in [0, 0.05) is 16.5 Å². The molecule has 0 radical (unpaired) electrons. The first-order valence-electron chi connectivity index (χ1n) is 21.8. The van der Waals surface area contributed by atoms with E-state index in [2.05, 4.69) is 186 Å². The molecule has 2 heteroatoms. The Hall–Kier alpha value is -5.60. The number of rotatable bonds is 13. The van der Waals surface area contributed by atoms with Gasteiger partial charge in [0.05, 0.1) is 22.8 Å². The molecule has 1 aliphatic rings. The summed E-state index contributed by atoms with van der Waals surface area (Å²) in [6.07, 6.45) is 5.66. The van der Waals surface area contributed by atoms with Crippen LogP contribution < -0.4 is 0 Å². The number of benzene rings is 6. The van der Waals surface area contributed by atoms with Crippen LogP contribution in [0, 0.1) is 0 Å². The Balaban J connectivity index is 1.68. The lowest BCUT2D eigenvalue weighted by molar-refractivity contribution is 0.830. The molecule has 0 amide bonds. The lowest BCUT2D eigenvalue weighted by Gasteiger charge is -2.25. The molecule has 0 spiro atoms. The Bertz CT molecular complexity index is 2570. The van der Waals surface area contributed by atoms with E-state index in [1.54, 1.807) is 0 Å². The van der Waals surface area contributed by atoms with Gasteiger partial charge in [-0.2, -0.15) is 0 Å². The zero-order valence-electron chi connectivity index (χ0n) is 37.1. The normalized spacial score (nSPS) is 14.0. The van der Waals surface area contributed by atoms with Crippen molar-refractivity contribution in [3.05, 3.63) is 179 Å². The van der Waals surface area contributed by atoms with Crippen LogP contribution in [-0.2, 0) is 12.8 Å². The summed E-state index contributed by atoms with van der Waals surface area (Å²) < 4.78 is 0. The number of nitrogens with zero attached hydrogens (tertiary/aromatic N) is 2. The van der Waals surface area contributed by atoms with Crippen molar-refractivity contribution in [2.45, 2.75) is 112 Å². The monoisotopic (exact) mass is 774 g/mol. The molecule has 0 heterocycles. The minimum atomic E-state index is 0.210. The standard InChI is InChI=1S/C57H62N2/c1-13-21-39-29-46(35(5)6)54(47(30-39)36(7)8)58-57-50-33-43(40-23-17-15-18-24-40)32-49-44(34(3)4)27-28-45(53(49)50)56(57)59-55-48(37(9)10)31-42(22-14-2)52(51(55)38(11)12)41-25-19-16-20-26-41/h13-20,23-38H,1-2,21-22H2,3-12H3/b58-57-,59-56-. The van der Waals surface area contributed by atoms with Crippen LogP contribution in [0.3, 0.4) is 0 Å². The molecule has 0 fully saturated rings. The SMILES string of the molecule is C=CCc1cc(C(C)C)c(/N=C2\C(=N/c3c(C(C)C)cc(CC=C)c(-c4ccccc4)c3C(C)C)c3ccc(C(C)C)c4cc(-c5ccccc5)cc2c34)c(C(C)C)c1. The van der Waals surface area contributed by atoms with Crippen molar-refractivity contribution in [1.29, 1.82) is 0 Å². The van der Waals surface area contributed by atoms with E-state index in [0.29, 0.717) is 5.92 Å². The molecule has 6 aromatic carbocycles. The Morgan fingerprint density at radius 3 is 1.54 bits per heavy atom. The first kappa shape index (κ1) is 41.6. The van der Waals surface area contributed by atoms with Crippen LogP contribution in [0.5, 0.6) is 0 Å². The third-order valence-electron chi connectivity index (χ3n) is 12.0. The fraction of sp³-hybridized carbons (Fsp3) is 0.298. The van der Waals surface area contributed by atoms with E-state index >= 15 is 0 Å². The highest BCUT2D eigenvalue weighted by Gasteiger charge is 2.32. The molecule has 0 N–H and O–H groups in total. The predicted octanol–water partition coefficient (Wildman–Crippen LogP) is 16.5. The predicted molar refractivity (Wildman–Crippen MR) is 258 cm³/mol. The zero-order valence-corrected chi connectivity index (χ0v) is 37.1. The minimum Gasteiger partial charge on any atom is -0.245 e. The summed E-state index contributed by atoms with van der Waals surface area (Å²) >= 11 is 0. The second kappa shape index (κ2) is 17.3. The third-order valence-corrected chi connectivity index (χ3v) is 12.0. The molecule has 0 saturated heterocycles. The topological polar surface area (TPSA) is 24.7 Å². The van der Waals surface area contributed by atoms with Crippen molar-refractivity contribution in [3.63, 3.8) is 0 Å². The van der Waals surface area contributed by atoms with Crippen molar-refractivity contribution >= 4 is 33.6 Å². The molecule has 7 rings (SSSR count). The third kappa shape index (κ3) is 7.95. The summed E-state index contributed by atoms with van der Waals surface area (Å²) in [5.41, 5.74) is 20.2. The zero-order chi connectivity index (χ0) is 42.1. The van der Waals surface area contributed by atoms with Gasteiger partial charge in [-0.1, -0.05) is 172 Å². The molecular formula is C57H62N2. The smallest absolute Gasteiger partial charge is 0.0979 e. The molecule has 0 atom stereocenters. The molecule has 1 aliphatic carbocycles. The summed E-state index contributed by atoms with van der Waals surface area (Å²) in [5, 5.41) is 2.53. The lowest BCUT2D eigenvalue weighted by atomic mass is 9.82. The van der Waals surface area contributed by atoms with Gasteiger partial charge in [-0.05, 0) is 121 Å². The first-order valence-corrected chi connectivity index (χ1v) is 21.8. The Labute approximate surface area is 354 Å².